The van der Waals surface area contributed by atoms with Gasteiger partial charge in [-0.25, -0.2) is 14.8 Å². The third-order valence-electron chi connectivity index (χ3n) is 5.79. The fourth-order valence-electron chi connectivity index (χ4n) is 3.90. The van der Waals surface area contributed by atoms with Crippen molar-refractivity contribution in [2.75, 3.05) is 13.7 Å². The molecule has 2 aromatic carbocycles. The van der Waals surface area contributed by atoms with Crippen molar-refractivity contribution in [2.45, 2.75) is 32.6 Å². The zero-order valence-corrected chi connectivity index (χ0v) is 20.3. The van der Waals surface area contributed by atoms with Crippen LogP contribution in [0.25, 0.3) is 11.8 Å². The number of imidazole rings is 1. The molecule has 0 atom stereocenters. The summed E-state index contributed by atoms with van der Waals surface area (Å²) in [7, 11) is 1.63. The van der Waals surface area contributed by atoms with Crippen molar-refractivity contribution in [3.63, 3.8) is 0 Å². The largest absolute Gasteiger partial charge is 0.495 e. The average molecular weight is 490 g/mol. The summed E-state index contributed by atoms with van der Waals surface area (Å²) in [6, 6.07) is 11.2. The lowest BCUT2D eigenvalue weighted by Crippen LogP contribution is -2.34. The number of nitrogens with zero attached hydrogens (tertiary/aromatic N) is 3. The molecular formula is C27H28FN5O3. The van der Waals surface area contributed by atoms with Crippen molar-refractivity contribution in [2.24, 2.45) is 5.10 Å². The minimum atomic E-state index is -0.411. The van der Waals surface area contributed by atoms with Crippen molar-refractivity contribution in [1.82, 2.24) is 20.3 Å². The van der Waals surface area contributed by atoms with Gasteiger partial charge in [0.05, 0.1) is 24.8 Å². The third-order valence-corrected chi connectivity index (χ3v) is 5.79. The number of aromatic nitrogens is 2. The van der Waals surface area contributed by atoms with Gasteiger partial charge in [0.15, 0.2) is 5.78 Å². The lowest BCUT2D eigenvalue weighted by Gasteiger charge is -2.19. The van der Waals surface area contributed by atoms with Crippen LogP contribution in [0.2, 0.25) is 0 Å². The van der Waals surface area contributed by atoms with Gasteiger partial charge in [0.25, 0.3) is 0 Å². The number of nitrogens with one attached hydrogen (secondary N) is 2. The van der Waals surface area contributed by atoms with Crippen LogP contribution in [-0.4, -0.2) is 40.7 Å². The first-order valence-electron chi connectivity index (χ1n) is 11.7. The number of methoxy groups -OCH3 is 1. The maximum absolute atomic E-state index is 13.0. The molecule has 0 saturated carbocycles. The summed E-state index contributed by atoms with van der Waals surface area (Å²) in [6.07, 6.45) is 7.43. The molecule has 0 aliphatic carbocycles. The molecule has 1 aromatic heterocycles. The predicted octanol–water partition coefficient (Wildman–Crippen LogP) is 4.19. The van der Waals surface area contributed by atoms with Gasteiger partial charge in [-0.2, -0.15) is 5.10 Å². The topological polar surface area (TPSA) is 97.6 Å². The first kappa shape index (κ1) is 24.8. The van der Waals surface area contributed by atoms with Crippen LogP contribution in [0.3, 0.4) is 0 Å². The highest BCUT2D eigenvalue weighted by Crippen LogP contribution is 2.26. The first-order valence-corrected chi connectivity index (χ1v) is 11.7. The van der Waals surface area contributed by atoms with Gasteiger partial charge in [0.1, 0.15) is 17.4 Å². The van der Waals surface area contributed by atoms with Gasteiger partial charge in [0, 0.05) is 31.1 Å². The van der Waals surface area contributed by atoms with Crippen LogP contribution in [0, 0.1) is 12.7 Å². The zero-order valence-electron chi connectivity index (χ0n) is 20.3. The average Bonchev–Trinajstić information content (AvgIpc) is 3.33. The van der Waals surface area contributed by atoms with Gasteiger partial charge >= 0.3 is 0 Å². The van der Waals surface area contributed by atoms with Crippen LogP contribution >= 0.6 is 0 Å². The number of hydrogen-bond donors (Lipinski definition) is 2. The fraction of sp³-hybridized carbons (Fsp3) is 0.259. The summed E-state index contributed by atoms with van der Waals surface area (Å²) in [5.74, 6) is 0.297. The molecule has 4 rings (SSSR count). The molecule has 0 radical (unpaired) electrons. The van der Waals surface area contributed by atoms with Gasteiger partial charge in [-0.3, -0.25) is 9.59 Å². The highest BCUT2D eigenvalue weighted by molar-refractivity contribution is 6.03. The summed E-state index contributed by atoms with van der Waals surface area (Å²) in [4.78, 5) is 28.8. The van der Waals surface area contributed by atoms with Crippen LogP contribution in [0.1, 0.15) is 47.3 Å². The second kappa shape index (κ2) is 11.4. The maximum atomic E-state index is 13.0. The molecule has 8 nitrogen and oxygen atoms in total. The van der Waals surface area contributed by atoms with Crippen LogP contribution < -0.4 is 15.5 Å². The van der Waals surface area contributed by atoms with Gasteiger partial charge in [-0.15, -0.1) is 0 Å². The Hall–Kier alpha value is -4.27. The number of piperidine rings is 1. The Labute approximate surface area is 208 Å². The number of carbonyl (C=O) groups excluding carboxylic acids is 2. The van der Waals surface area contributed by atoms with Crippen molar-refractivity contribution < 1.29 is 18.7 Å². The number of Topliss-reactive ketones (excluding diaryl/α,β-unsaturated/α-hetero) is 1. The number of halogens is 1. The number of carbonyl (C=O) groups is 2. The monoisotopic (exact) mass is 489 g/mol. The molecule has 1 saturated heterocycles. The van der Waals surface area contributed by atoms with E-state index in [2.05, 4.69) is 20.8 Å². The van der Waals surface area contributed by atoms with E-state index >= 15 is 0 Å². The zero-order chi connectivity index (χ0) is 25.5. The summed E-state index contributed by atoms with van der Waals surface area (Å²) < 4.78 is 20.5. The van der Waals surface area contributed by atoms with Crippen molar-refractivity contribution in [3.05, 3.63) is 83.2 Å². The molecule has 36 heavy (non-hydrogen) atoms. The standard InChI is InChI=1S/C27H28FN5O3/c1-18-16-33(17-30-18)23-10-5-19(15-25(23)36-2)14-21-4-3-13-29-27(21)32-31-26(35)12-11-24(34)20-6-8-22(28)9-7-20/h5-10,14-17H,3-4,11-13H2,1-2H3,(H,29,32)(H,31,35)/b21-14+. The maximum Gasteiger partial charge on any atom is 0.240 e. The van der Waals surface area contributed by atoms with E-state index in [9.17, 15) is 14.0 Å². The fourth-order valence-corrected chi connectivity index (χ4v) is 3.90. The van der Waals surface area contributed by atoms with Gasteiger partial charge in [-0.05, 0) is 73.4 Å². The molecule has 186 valence electrons. The summed E-state index contributed by atoms with van der Waals surface area (Å²) in [5, 5.41) is 7.50. The van der Waals surface area contributed by atoms with Crippen molar-refractivity contribution >= 4 is 23.6 Å². The number of ether oxygens (including phenoxy) is 1. The number of hydrazone groups is 1. The quantitative estimate of drug-likeness (QED) is 0.365. The number of amides is 1. The van der Waals surface area contributed by atoms with Gasteiger partial charge < -0.3 is 14.6 Å². The number of hydrogen-bond acceptors (Lipinski definition) is 5. The smallest absolute Gasteiger partial charge is 0.240 e. The third kappa shape index (κ3) is 6.24. The molecule has 0 spiro atoms. The van der Waals surface area contributed by atoms with E-state index in [0.717, 1.165) is 41.9 Å². The molecule has 1 aliphatic heterocycles. The normalized spacial score (nSPS) is 15.5. The van der Waals surface area contributed by atoms with Crippen LogP contribution in [-0.2, 0) is 4.79 Å². The Balaban J connectivity index is 1.42. The van der Waals surface area contributed by atoms with E-state index in [1.165, 1.54) is 24.3 Å². The van der Waals surface area contributed by atoms with E-state index in [-0.39, 0.29) is 24.5 Å². The summed E-state index contributed by atoms with van der Waals surface area (Å²) in [5.41, 5.74) is 6.61. The molecular weight excluding hydrogens is 461 g/mol. The number of ketones is 1. The Morgan fingerprint density at radius 1 is 1.22 bits per heavy atom. The van der Waals surface area contributed by atoms with E-state index < -0.39 is 5.82 Å². The highest BCUT2D eigenvalue weighted by Gasteiger charge is 2.15. The van der Waals surface area contributed by atoms with Crippen molar-refractivity contribution in [1.29, 1.82) is 0 Å². The molecule has 9 heteroatoms. The Morgan fingerprint density at radius 2 is 2.03 bits per heavy atom. The molecule has 2 N–H and O–H groups in total. The first-order chi connectivity index (χ1) is 17.4. The molecule has 1 fully saturated rings. The second-order valence-electron chi connectivity index (χ2n) is 8.48. The number of benzene rings is 2. The Bertz CT molecular complexity index is 1310. The highest BCUT2D eigenvalue weighted by atomic mass is 19.1. The minimum Gasteiger partial charge on any atom is -0.495 e. The number of aryl methyl sites for hydroxylation is 1. The lowest BCUT2D eigenvalue weighted by molar-refractivity contribution is -0.121. The van der Waals surface area contributed by atoms with E-state index in [1.807, 2.05) is 42.0 Å². The molecule has 2 heterocycles. The Morgan fingerprint density at radius 3 is 2.75 bits per heavy atom. The van der Waals surface area contributed by atoms with Crippen LogP contribution in [0.15, 0.2) is 65.7 Å². The van der Waals surface area contributed by atoms with E-state index in [0.29, 0.717) is 17.1 Å². The van der Waals surface area contributed by atoms with Gasteiger partial charge in [0.2, 0.25) is 5.91 Å². The molecule has 3 aromatic rings. The number of amidine groups is 1. The predicted molar refractivity (Wildman–Crippen MR) is 136 cm³/mol. The molecule has 0 bridgehead atoms. The SMILES string of the molecule is COc1cc(/C=C2\CCCN\C2=N/NC(=O)CCC(=O)c2ccc(F)cc2)ccc1-n1cnc(C)c1. The minimum absolute atomic E-state index is 0.0149. The van der Waals surface area contributed by atoms with Crippen LogP contribution in [0.5, 0.6) is 5.75 Å². The Kier molecular flexibility index (Phi) is 7.89. The lowest BCUT2D eigenvalue weighted by atomic mass is 10.0. The number of rotatable bonds is 8. The molecule has 0 unspecified atom stereocenters. The van der Waals surface area contributed by atoms with E-state index in [1.54, 1.807) is 13.4 Å². The molecule has 1 amide bonds. The summed E-state index contributed by atoms with van der Waals surface area (Å²) >= 11 is 0. The van der Waals surface area contributed by atoms with Crippen LogP contribution in [0.4, 0.5) is 4.39 Å². The van der Waals surface area contributed by atoms with E-state index in [4.69, 9.17) is 4.74 Å². The van der Waals surface area contributed by atoms with Crippen molar-refractivity contribution in [3.8, 4) is 11.4 Å². The molecule has 1 aliphatic rings. The second-order valence-corrected chi connectivity index (χ2v) is 8.48. The summed E-state index contributed by atoms with van der Waals surface area (Å²) in [6.45, 7) is 2.68. The van der Waals surface area contributed by atoms with Gasteiger partial charge in [-0.1, -0.05) is 6.07 Å².